The molecule has 1 aliphatic heterocycles. The fourth-order valence-corrected chi connectivity index (χ4v) is 2.53. The molecule has 0 aliphatic carbocycles. The minimum absolute atomic E-state index is 0.685. The fourth-order valence-electron chi connectivity index (χ4n) is 2.53. The molecular formula is C15H15BN2. The molecule has 1 aliphatic rings. The summed E-state index contributed by atoms with van der Waals surface area (Å²) in [6.45, 7) is 2.98. The van der Waals surface area contributed by atoms with Crippen LogP contribution in [0.2, 0.25) is 0 Å². The van der Waals surface area contributed by atoms with Gasteiger partial charge >= 0.3 is 0 Å². The van der Waals surface area contributed by atoms with E-state index in [4.69, 9.17) is 7.85 Å². The average molecular weight is 234 g/mol. The first-order chi connectivity index (χ1) is 8.83. The van der Waals surface area contributed by atoms with E-state index in [1.165, 1.54) is 16.7 Å². The lowest BCUT2D eigenvalue weighted by Crippen LogP contribution is -2.34. The molecule has 2 nitrogen and oxygen atoms in total. The minimum atomic E-state index is 0.685. The van der Waals surface area contributed by atoms with Gasteiger partial charge in [-0.25, -0.2) is 0 Å². The molecule has 18 heavy (non-hydrogen) atoms. The Hall–Kier alpha value is -1.61. The van der Waals surface area contributed by atoms with Crippen LogP contribution in [0.15, 0.2) is 42.6 Å². The molecule has 0 N–H and O–H groups in total. The highest BCUT2D eigenvalue weighted by Crippen LogP contribution is 2.17. The van der Waals surface area contributed by atoms with Crippen LogP contribution in [-0.4, -0.2) is 24.3 Å². The number of pyridine rings is 1. The standard InChI is InChI=1S/C15H15BN2/c16-15-14-11-18(9-7-13(14)6-8-17-15)10-12-4-2-1-3-5-12/h1-6,8H,7,9-11H2. The summed E-state index contributed by atoms with van der Waals surface area (Å²) < 4.78 is 0. The molecule has 0 unspecified atom stereocenters. The Labute approximate surface area is 109 Å². The SMILES string of the molecule is [B]c1nccc2c1CN(Cc1ccccc1)CC2. The van der Waals surface area contributed by atoms with Gasteiger partial charge in [-0.1, -0.05) is 30.3 Å². The van der Waals surface area contributed by atoms with Crippen molar-refractivity contribution in [2.75, 3.05) is 6.54 Å². The third kappa shape index (κ3) is 2.32. The molecular weight excluding hydrogens is 219 g/mol. The van der Waals surface area contributed by atoms with Gasteiger partial charge < -0.3 is 0 Å². The number of hydrogen-bond acceptors (Lipinski definition) is 2. The van der Waals surface area contributed by atoms with E-state index < -0.39 is 0 Å². The third-order valence-electron chi connectivity index (χ3n) is 3.51. The zero-order valence-electron chi connectivity index (χ0n) is 10.3. The molecule has 2 radical (unpaired) electrons. The molecule has 0 bridgehead atoms. The molecule has 0 amide bonds. The second kappa shape index (κ2) is 4.95. The van der Waals surface area contributed by atoms with Gasteiger partial charge in [0.05, 0.1) is 0 Å². The van der Waals surface area contributed by atoms with Crippen molar-refractivity contribution in [3.8, 4) is 0 Å². The Morgan fingerprint density at radius 2 is 2.00 bits per heavy atom. The Morgan fingerprint density at radius 1 is 1.17 bits per heavy atom. The summed E-state index contributed by atoms with van der Waals surface area (Å²) in [6.07, 6.45) is 2.87. The Morgan fingerprint density at radius 3 is 2.83 bits per heavy atom. The summed E-state index contributed by atoms with van der Waals surface area (Å²) in [5.41, 5.74) is 4.60. The molecule has 3 heteroatoms. The quantitative estimate of drug-likeness (QED) is 0.731. The highest BCUT2D eigenvalue weighted by Gasteiger charge is 2.17. The lowest BCUT2D eigenvalue weighted by molar-refractivity contribution is 0.246. The molecule has 1 aromatic carbocycles. The Balaban J connectivity index is 1.77. The van der Waals surface area contributed by atoms with Gasteiger partial charge in [0.2, 0.25) is 0 Å². The largest absolute Gasteiger partial charge is 0.294 e. The summed E-state index contributed by atoms with van der Waals surface area (Å²) in [4.78, 5) is 6.61. The summed E-state index contributed by atoms with van der Waals surface area (Å²) in [6, 6.07) is 12.7. The van der Waals surface area contributed by atoms with E-state index in [0.29, 0.717) is 5.59 Å². The maximum absolute atomic E-state index is 5.96. The summed E-state index contributed by atoms with van der Waals surface area (Å²) in [5, 5.41) is 0. The van der Waals surface area contributed by atoms with Crippen LogP contribution in [0.3, 0.4) is 0 Å². The topological polar surface area (TPSA) is 16.1 Å². The zero-order valence-corrected chi connectivity index (χ0v) is 10.3. The van der Waals surface area contributed by atoms with Crippen LogP contribution in [0.5, 0.6) is 0 Å². The second-order valence-corrected chi connectivity index (χ2v) is 4.78. The van der Waals surface area contributed by atoms with Crippen molar-refractivity contribution in [2.45, 2.75) is 19.5 Å². The van der Waals surface area contributed by atoms with Crippen molar-refractivity contribution in [3.05, 3.63) is 59.3 Å². The Kier molecular flexibility index (Phi) is 3.16. The van der Waals surface area contributed by atoms with Gasteiger partial charge in [0.25, 0.3) is 0 Å². The fraction of sp³-hybridized carbons (Fsp3) is 0.267. The van der Waals surface area contributed by atoms with Gasteiger partial charge in [-0.3, -0.25) is 9.88 Å². The Bertz CT molecular complexity index is 539. The number of benzene rings is 1. The van der Waals surface area contributed by atoms with Crippen LogP contribution in [0, 0.1) is 0 Å². The minimum Gasteiger partial charge on any atom is -0.294 e. The summed E-state index contributed by atoms with van der Waals surface area (Å²) in [5.74, 6) is 0. The number of hydrogen-bond donors (Lipinski definition) is 0. The molecule has 0 fully saturated rings. The first-order valence-electron chi connectivity index (χ1n) is 6.31. The summed E-state index contributed by atoms with van der Waals surface area (Å²) in [7, 11) is 5.96. The average Bonchev–Trinajstić information content (AvgIpc) is 2.41. The smallest absolute Gasteiger partial charge is 0.142 e. The van der Waals surface area contributed by atoms with Crippen molar-refractivity contribution in [1.82, 2.24) is 9.88 Å². The van der Waals surface area contributed by atoms with Gasteiger partial charge in [-0.2, -0.15) is 0 Å². The van der Waals surface area contributed by atoms with Gasteiger partial charge in [-0.05, 0) is 34.8 Å². The number of nitrogens with zero attached hydrogens (tertiary/aromatic N) is 2. The third-order valence-corrected chi connectivity index (χ3v) is 3.51. The normalized spacial score (nSPS) is 15.3. The van der Waals surface area contributed by atoms with Crippen molar-refractivity contribution >= 4 is 13.4 Å². The first-order valence-corrected chi connectivity index (χ1v) is 6.31. The highest BCUT2D eigenvalue weighted by atomic mass is 15.1. The van der Waals surface area contributed by atoms with Crippen LogP contribution in [0.25, 0.3) is 0 Å². The van der Waals surface area contributed by atoms with E-state index in [1.807, 2.05) is 0 Å². The van der Waals surface area contributed by atoms with E-state index in [2.05, 4.69) is 46.3 Å². The molecule has 0 atom stereocenters. The van der Waals surface area contributed by atoms with Crippen molar-refractivity contribution < 1.29 is 0 Å². The molecule has 88 valence electrons. The van der Waals surface area contributed by atoms with Gasteiger partial charge in [0.15, 0.2) is 0 Å². The molecule has 0 saturated heterocycles. The van der Waals surface area contributed by atoms with E-state index in [-0.39, 0.29) is 0 Å². The monoisotopic (exact) mass is 234 g/mol. The molecule has 2 aromatic rings. The van der Waals surface area contributed by atoms with E-state index >= 15 is 0 Å². The molecule has 1 aromatic heterocycles. The second-order valence-electron chi connectivity index (χ2n) is 4.78. The van der Waals surface area contributed by atoms with E-state index in [1.54, 1.807) is 6.20 Å². The molecule has 0 spiro atoms. The van der Waals surface area contributed by atoms with Crippen LogP contribution < -0.4 is 5.59 Å². The van der Waals surface area contributed by atoms with Crippen LogP contribution >= 0.6 is 0 Å². The maximum Gasteiger partial charge on any atom is 0.142 e. The number of fused-ring (bicyclic) bond motifs is 1. The van der Waals surface area contributed by atoms with Gasteiger partial charge in [-0.15, -0.1) is 0 Å². The van der Waals surface area contributed by atoms with Crippen molar-refractivity contribution in [2.24, 2.45) is 0 Å². The summed E-state index contributed by atoms with van der Waals surface area (Å²) >= 11 is 0. The number of rotatable bonds is 2. The van der Waals surface area contributed by atoms with Gasteiger partial charge in [0.1, 0.15) is 7.85 Å². The van der Waals surface area contributed by atoms with Crippen LogP contribution in [-0.2, 0) is 19.5 Å². The molecule has 2 heterocycles. The molecule has 0 saturated carbocycles. The van der Waals surface area contributed by atoms with Crippen molar-refractivity contribution in [3.63, 3.8) is 0 Å². The zero-order chi connectivity index (χ0) is 12.4. The maximum atomic E-state index is 5.96. The van der Waals surface area contributed by atoms with E-state index in [0.717, 1.165) is 26.1 Å². The van der Waals surface area contributed by atoms with Crippen LogP contribution in [0.4, 0.5) is 0 Å². The van der Waals surface area contributed by atoms with Crippen LogP contribution in [0.1, 0.15) is 16.7 Å². The lowest BCUT2D eigenvalue weighted by atomic mass is 9.90. The number of aromatic nitrogens is 1. The lowest BCUT2D eigenvalue weighted by Gasteiger charge is -2.29. The van der Waals surface area contributed by atoms with Crippen molar-refractivity contribution in [1.29, 1.82) is 0 Å². The first kappa shape index (κ1) is 11.5. The highest BCUT2D eigenvalue weighted by molar-refractivity contribution is 6.31. The van der Waals surface area contributed by atoms with E-state index in [9.17, 15) is 0 Å². The predicted molar refractivity (Wildman–Crippen MR) is 73.9 cm³/mol. The van der Waals surface area contributed by atoms with Gasteiger partial charge in [0, 0.05) is 25.8 Å². The predicted octanol–water partition coefficient (Wildman–Crippen LogP) is 1.43. The molecule has 3 rings (SSSR count).